The van der Waals surface area contributed by atoms with Gasteiger partial charge in [0.15, 0.2) is 5.13 Å². The molecule has 1 aliphatic rings. The summed E-state index contributed by atoms with van der Waals surface area (Å²) in [5.41, 5.74) is 4.57. The van der Waals surface area contributed by atoms with Crippen LogP contribution in [0, 0.1) is 6.92 Å². The molecule has 4 rings (SSSR count). The van der Waals surface area contributed by atoms with Crippen LogP contribution in [-0.4, -0.2) is 45.3 Å². The number of thiazole rings is 1. The minimum absolute atomic E-state index is 0.108. The number of hydrogen-bond donors (Lipinski definition) is 3. The normalized spacial score (nSPS) is 13.5. The van der Waals surface area contributed by atoms with Crippen molar-refractivity contribution in [2.45, 2.75) is 65.4 Å². The zero-order valence-corrected chi connectivity index (χ0v) is 24.5. The molecule has 2 heterocycles. The van der Waals surface area contributed by atoms with Crippen molar-refractivity contribution in [2.24, 2.45) is 0 Å². The Morgan fingerprint density at radius 2 is 1.78 bits per heavy atom. The molecule has 0 saturated heterocycles. The number of carboxylic acid groups (broad SMARTS) is 1. The number of hydrogen-bond acceptors (Lipinski definition) is 7. The molecule has 0 unspecified atom stereocenters. The number of amides is 3. The molecular formula is C30H35N5O5S. The SMILES string of the molecule is Cc1ccc(C2=C(C(=O)Nc3ccc(N(CCc4csc(NC(=O)OC(C)(C)C)n4)C(=O)O)nc3)CCCC2)cc1. The van der Waals surface area contributed by atoms with Crippen LogP contribution in [0.1, 0.15) is 63.3 Å². The second-order valence-corrected chi connectivity index (χ2v) is 11.7. The van der Waals surface area contributed by atoms with E-state index < -0.39 is 17.8 Å². The summed E-state index contributed by atoms with van der Waals surface area (Å²) in [5, 5.41) is 17.4. The minimum atomic E-state index is -1.16. The van der Waals surface area contributed by atoms with Gasteiger partial charge in [-0.25, -0.2) is 19.6 Å². The van der Waals surface area contributed by atoms with Crippen molar-refractivity contribution < 1.29 is 24.2 Å². The van der Waals surface area contributed by atoms with E-state index in [1.54, 1.807) is 38.3 Å². The van der Waals surface area contributed by atoms with Crippen LogP contribution in [0.25, 0.3) is 5.57 Å². The zero-order valence-electron chi connectivity index (χ0n) is 23.7. The maximum Gasteiger partial charge on any atom is 0.413 e. The molecule has 11 heteroatoms. The highest BCUT2D eigenvalue weighted by Gasteiger charge is 2.22. The summed E-state index contributed by atoms with van der Waals surface area (Å²) in [6.07, 6.45) is 3.58. The lowest BCUT2D eigenvalue weighted by Gasteiger charge is -2.21. The Morgan fingerprint density at radius 3 is 2.44 bits per heavy atom. The number of nitrogens with zero attached hydrogens (tertiary/aromatic N) is 3. The summed E-state index contributed by atoms with van der Waals surface area (Å²) in [5.74, 6) is 0.0688. The molecule has 3 amide bonds. The van der Waals surface area contributed by atoms with Crippen LogP contribution in [0.2, 0.25) is 0 Å². The van der Waals surface area contributed by atoms with E-state index in [-0.39, 0.29) is 18.3 Å². The molecular weight excluding hydrogens is 542 g/mol. The van der Waals surface area contributed by atoms with Gasteiger partial charge in [0.05, 0.1) is 17.6 Å². The minimum Gasteiger partial charge on any atom is -0.465 e. The van der Waals surface area contributed by atoms with Crippen molar-refractivity contribution in [1.29, 1.82) is 0 Å². The number of aryl methyl sites for hydroxylation is 1. The van der Waals surface area contributed by atoms with E-state index in [0.29, 0.717) is 29.4 Å². The first-order valence-electron chi connectivity index (χ1n) is 13.5. The van der Waals surface area contributed by atoms with Gasteiger partial charge in [0, 0.05) is 23.9 Å². The number of pyridine rings is 1. The van der Waals surface area contributed by atoms with Gasteiger partial charge in [0.1, 0.15) is 11.4 Å². The molecule has 0 fully saturated rings. The molecule has 10 nitrogen and oxygen atoms in total. The van der Waals surface area contributed by atoms with Crippen LogP contribution < -0.4 is 15.5 Å². The van der Waals surface area contributed by atoms with E-state index in [2.05, 4.69) is 44.9 Å². The van der Waals surface area contributed by atoms with Crippen molar-refractivity contribution in [3.63, 3.8) is 0 Å². The monoisotopic (exact) mass is 577 g/mol. The summed E-state index contributed by atoms with van der Waals surface area (Å²) >= 11 is 1.23. The smallest absolute Gasteiger partial charge is 0.413 e. The standard InChI is InChI=1S/C30H35N5O5S/c1-19-9-11-20(12-10-19)23-7-5-6-8-24(23)26(36)32-21-13-14-25(31-17-21)35(29(38)39)16-15-22-18-41-27(33-22)34-28(37)40-30(2,3)4/h9-14,17-18H,5-8,15-16H2,1-4H3,(H,32,36)(H,38,39)(H,33,34,37). The second kappa shape index (κ2) is 12.9. The fourth-order valence-corrected chi connectivity index (χ4v) is 5.19. The third kappa shape index (κ3) is 8.37. The molecule has 0 atom stereocenters. The van der Waals surface area contributed by atoms with Crippen LogP contribution in [0.15, 0.2) is 53.5 Å². The van der Waals surface area contributed by atoms with Gasteiger partial charge in [0.2, 0.25) is 0 Å². The Bertz CT molecular complexity index is 1420. The molecule has 0 bridgehead atoms. The molecule has 3 aromatic rings. The lowest BCUT2D eigenvalue weighted by Crippen LogP contribution is -2.32. The Balaban J connectivity index is 1.38. The molecule has 216 valence electrons. The molecule has 0 spiro atoms. The summed E-state index contributed by atoms with van der Waals surface area (Å²) in [6, 6.07) is 11.4. The van der Waals surface area contributed by atoms with Crippen LogP contribution >= 0.6 is 11.3 Å². The highest BCUT2D eigenvalue weighted by molar-refractivity contribution is 7.13. The lowest BCUT2D eigenvalue weighted by molar-refractivity contribution is -0.113. The van der Waals surface area contributed by atoms with Gasteiger partial charge in [-0.3, -0.25) is 15.0 Å². The summed E-state index contributed by atoms with van der Waals surface area (Å²) in [7, 11) is 0. The summed E-state index contributed by atoms with van der Waals surface area (Å²) in [6.45, 7) is 7.45. The van der Waals surface area contributed by atoms with Crippen molar-refractivity contribution in [1.82, 2.24) is 9.97 Å². The highest BCUT2D eigenvalue weighted by atomic mass is 32.1. The van der Waals surface area contributed by atoms with Gasteiger partial charge >= 0.3 is 12.2 Å². The number of rotatable bonds is 8. The average molecular weight is 578 g/mol. The quantitative estimate of drug-likeness (QED) is 0.265. The molecule has 0 aliphatic heterocycles. The maximum absolute atomic E-state index is 13.2. The van der Waals surface area contributed by atoms with Crippen molar-refractivity contribution in [3.8, 4) is 0 Å². The molecule has 1 aliphatic carbocycles. The number of carbonyl (C=O) groups excluding carboxylic acids is 2. The Kier molecular flexibility index (Phi) is 9.38. The van der Waals surface area contributed by atoms with Crippen LogP contribution in [-0.2, 0) is 16.0 Å². The van der Waals surface area contributed by atoms with Gasteiger partial charge in [0.25, 0.3) is 5.91 Å². The number of ether oxygens (including phenoxy) is 1. The fraction of sp³-hybridized carbons (Fsp3) is 0.367. The number of anilines is 3. The predicted octanol–water partition coefficient (Wildman–Crippen LogP) is 6.89. The Hall–Kier alpha value is -4.25. The van der Waals surface area contributed by atoms with E-state index in [4.69, 9.17) is 4.74 Å². The van der Waals surface area contributed by atoms with Gasteiger partial charge in [-0.1, -0.05) is 29.8 Å². The van der Waals surface area contributed by atoms with Crippen LogP contribution in [0.5, 0.6) is 0 Å². The highest BCUT2D eigenvalue weighted by Crippen LogP contribution is 2.33. The van der Waals surface area contributed by atoms with Crippen molar-refractivity contribution >= 4 is 51.6 Å². The Morgan fingerprint density at radius 1 is 1.05 bits per heavy atom. The van der Waals surface area contributed by atoms with Crippen molar-refractivity contribution in [2.75, 3.05) is 22.1 Å². The third-order valence-corrected chi connectivity index (χ3v) is 7.21. The van der Waals surface area contributed by atoms with Gasteiger partial charge in [-0.15, -0.1) is 11.3 Å². The summed E-state index contributed by atoms with van der Waals surface area (Å²) in [4.78, 5) is 46.9. The lowest BCUT2D eigenvalue weighted by atomic mass is 9.86. The van der Waals surface area contributed by atoms with Crippen molar-refractivity contribution in [3.05, 3.63) is 70.4 Å². The van der Waals surface area contributed by atoms with Gasteiger partial charge in [-0.05, 0) is 76.6 Å². The number of allylic oxidation sites excluding steroid dienone is 1. The molecule has 0 radical (unpaired) electrons. The third-order valence-electron chi connectivity index (χ3n) is 6.41. The molecule has 2 aromatic heterocycles. The van der Waals surface area contributed by atoms with Gasteiger partial charge < -0.3 is 15.2 Å². The Labute approximate surface area is 243 Å². The first-order valence-corrected chi connectivity index (χ1v) is 14.4. The molecule has 1 aromatic carbocycles. The number of aromatic nitrogens is 2. The van der Waals surface area contributed by atoms with E-state index in [1.165, 1.54) is 23.1 Å². The van der Waals surface area contributed by atoms with Crippen LogP contribution in [0.4, 0.5) is 26.2 Å². The summed E-state index contributed by atoms with van der Waals surface area (Å²) < 4.78 is 5.23. The first kappa shape index (κ1) is 29.7. The maximum atomic E-state index is 13.2. The number of carbonyl (C=O) groups is 3. The largest absolute Gasteiger partial charge is 0.465 e. The van der Waals surface area contributed by atoms with E-state index >= 15 is 0 Å². The van der Waals surface area contributed by atoms with E-state index in [9.17, 15) is 19.5 Å². The zero-order chi connectivity index (χ0) is 29.6. The first-order chi connectivity index (χ1) is 19.5. The molecule has 3 N–H and O–H groups in total. The van der Waals surface area contributed by atoms with Gasteiger partial charge in [-0.2, -0.15) is 0 Å². The average Bonchev–Trinajstić information content (AvgIpc) is 3.35. The van der Waals surface area contributed by atoms with E-state index in [0.717, 1.165) is 40.9 Å². The van der Waals surface area contributed by atoms with E-state index in [1.807, 2.05) is 6.92 Å². The molecule has 41 heavy (non-hydrogen) atoms. The second-order valence-electron chi connectivity index (χ2n) is 10.8. The number of nitrogens with one attached hydrogen (secondary N) is 2. The molecule has 0 saturated carbocycles. The topological polar surface area (TPSA) is 134 Å². The van der Waals surface area contributed by atoms with Crippen LogP contribution in [0.3, 0.4) is 0 Å². The fourth-order valence-electron chi connectivity index (χ4n) is 4.46. The predicted molar refractivity (Wildman–Crippen MR) is 160 cm³/mol. The number of benzene rings is 1.